The first kappa shape index (κ1) is 21.7. The van der Waals surface area contributed by atoms with Gasteiger partial charge in [-0.25, -0.2) is 0 Å². The Labute approximate surface area is 191 Å². The van der Waals surface area contributed by atoms with Gasteiger partial charge in [-0.1, -0.05) is 23.2 Å². The van der Waals surface area contributed by atoms with Crippen molar-refractivity contribution in [3.8, 4) is 0 Å². The van der Waals surface area contributed by atoms with Crippen LogP contribution in [0.4, 0.5) is 5.69 Å². The molecule has 4 rings (SSSR count). The Morgan fingerprint density at radius 1 is 1.07 bits per heavy atom. The summed E-state index contributed by atoms with van der Waals surface area (Å²) in [6.07, 6.45) is 0.640. The van der Waals surface area contributed by atoms with Crippen molar-refractivity contribution in [2.24, 2.45) is 23.7 Å². The fourth-order valence-corrected chi connectivity index (χ4v) is 6.01. The summed E-state index contributed by atoms with van der Waals surface area (Å²) in [7, 11) is 0. The first-order valence-corrected chi connectivity index (χ1v) is 10.9. The number of amides is 3. The summed E-state index contributed by atoms with van der Waals surface area (Å²) in [5, 5.41) is 2.38. The molecule has 3 fully saturated rings. The zero-order chi connectivity index (χ0) is 21.7. The van der Waals surface area contributed by atoms with E-state index in [2.05, 4.69) is 5.32 Å². The summed E-state index contributed by atoms with van der Waals surface area (Å²) >= 11 is 24.4. The van der Waals surface area contributed by atoms with E-state index in [9.17, 15) is 19.2 Å². The van der Waals surface area contributed by atoms with Crippen LogP contribution in [0, 0.1) is 23.7 Å². The molecule has 0 unspecified atom stereocenters. The van der Waals surface area contributed by atoms with Crippen LogP contribution >= 0.6 is 46.4 Å². The summed E-state index contributed by atoms with van der Waals surface area (Å²) in [5.41, 5.74) is 0.307. The molecule has 30 heavy (non-hydrogen) atoms. The molecule has 0 aromatic heterocycles. The predicted octanol–water partition coefficient (Wildman–Crippen LogP) is 2.94. The molecule has 2 aliphatic carbocycles. The minimum absolute atomic E-state index is 0.170. The second kappa shape index (κ2) is 8.19. The van der Waals surface area contributed by atoms with Crippen LogP contribution in [0.2, 0.25) is 10.0 Å². The summed E-state index contributed by atoms with van der Waals surface area (Å²) in [6, 6.07) is 4.50. The number of rotatable bonds is 5. The molecule has 2 bridgehead atoms. The van der Waals surface area contributed by atoms with Crippen LogP contribution in [0.15, 0.2) is 18.2 Å². The molecule has 3 amide bonds. The van der Waals surface area contributed by atoms with Crippen LogP contribution in [0.3, 0.4) is 0 Å². The van der Waals surface area contributed by atoms with E-state index in [1.807, 2.05) is 0 Å². The normalized spacial score (nSPS) is 31.8. The molecule has 160 valence electrons. The van der Waals surface area contributed by atoms with E-state index >= 15 is 0 Å². The number of carbonyl (C=O) groups is 4. The lowest BCUT2D eigenvalue weighted by atomic mass is 9.80. The lowest BCUT2D eigenvalue weighted by Crippen LogP contribution is -2.38. The van der Waals surface area contributed by atoms with Gasteiger partial charge in [0.25, 0.3) is 5.91 Å². The van der Waals surface area contributed by atoms with Crippen LogP contribution in [-0.2, 0) is 23.9 Å². The number of esters is 1. The van der Waals surface area contributed by atoms with E-state index in [-0.39, 0.29) is 27.6 Å². The third-order valence-electron chi connectivity index (χ3n) is 5.94. The number of benzene rings is 1. The maximum absolute atomic E-state index is 12.7. The number of imide groups is 1. The lowest BCUT2D eigenvalue weighted by molar-refractivity contribution is -0.154. The third-order valence-corrected chi connectivity index (χ3v) is 7.80. The number of anilines is 1. The number of fused-ring (bicyclic) bond motifs is 5. The SMILES string of the molecule is O=C(COC(=O)CN1C(=O)[C@@H]2[C@H]3C[C@@H]([C@H](Cl)[C@H]3Cl)[C@H]2C1=O)Nc1ccc(Cl)cc1Cl. The average molecular weight is 494 g/mol. The molecular weight excluding hydrogens is 478 g/mol. The summed E-state index contributed by atoms with van der Waals surface area (Å²) in [6.45, 7) is -1.15. The van der Waals surface area contributed by atoms with E-state index in [0.717, 1.165) is 4.90 Å². The molecule has 6 atom stereocenters. The van der Waals surface area contributed by atoms with Crippen LogP contribution in [0.25, 0.3) is 0 Å². The van der Waals surface area contributed by atoms with Gasteiger partial charge in [0.05, 0.1) is 33.3 Å². The molecule has 7 nitrogen and oxygen atoms in total. The molecule has 1 aliphatic heterocycles. The van der Waals surface area contributed by atoms with Gasteiger partial charge in [-0.15, -0.1) is 23.2 Å². The largest absolute Gasteiger partial charge is 0.454 e. The van der Waals surface area contributed by atoms with Gasteiger partial charge in [0.15, 0.2) is 6.61 Å². The van der Waals surface area contributed by atoms with Crippen LogP contribution in [0.1, 0.15) is 6.42 Å². The second-order valence-corrected chi connectivity index (χ2v) is 9.45. The number of nitrogens with one attached hydrogen (secondary N) is 1. The number of hydrogen-bond acceptors (Lipinski definition) is 5. The fourth-order valence-electron chi connectivity index (χ4n) is 4.66. The molecule has 1 saturated heterocycles. The number of hydrogen-bond donors (Lipinski definition) is 1. The van der Waals surface area contributed by atoms with Crippen molar-refractivity contribution >= 4 is 75.8 Å². The number of carbonyl (C=O) groups excluding carboxylic acids is 4. The van der Waals surface area contributed by atoms with Gasteiger partial charge in [0, 0.05) is 5.02 Å². The first-order chi connectivity index (χ1) is 14.2. The molecule has 0 radical (unpaired) electrons. The van der Waals surface area contributed by atoms with E-state index in [0.29, 0.717) is 17.1 Å². The van der Waals surface area contributed by atoms with Gasteiger partial charge >= 0.3 is 5.97 Å². The third kappa shape index (κ3) is 3.66. The second-order valence-electron chi connectivity index (χ2n) is 7.60. The summed E-state index contributed by atoms with van der Waals surface area (Å²) < 4.78 is 4.91. The average Bonchev–Trinajstić information content (AvgIpc) is 3.29. The van der Waals surface area contributed by atoms with Gasteiger partial charge in [0.1, 0.15) is 6.54 Å². The molecule has 1 heterocycles. The maximum atomic E-state index is 12.7. The van der Waals surface area contributed by atoms with Crippen LogP contribution in [-0.4, -0.2) is 52.5 Å². The highest BCUT2D eigenvalue weighted by Crippen LogP contribution is 2.59. The minimum atomic E-state index is -0.869. The first-order valence-electron chi connectivity index (χ1n) is 9.23. The van der Waals surface area contributed by atoms with Gasteiger partial charge in [0.2, 0.25) is 11.8 Å². The molecule has 3 aliphatic rings. The van der Waals surface area contributed by atoms with E-state index in [1.165, 1.54) is 12.1 Å². The van der Waals surface area contributed by atoms with Crippen molar-refractivity contribution in [1.29, 1.82) is 0 Å². The summed E-state index contributed by atoms with van der Waals surface area (Å²) in [4.78, 5) is 50.4. The Hall–Kier alpha value is -1.54. The van der Waals surface area contributed by atoms with Crippen LogP contribution in [0.5, 0.6) is 0 Å². The van der Waals surface area contributed by atoms with Gasteiger partial charge < -0.3 is 10.1 Å². The molecule has 0 spiro atoms. The number of nitrogens with zero attached hydrogens (tertiary/aromatic N) is 1. The lowest BCUT2D eigenvalue weighted by Gasteiger charge is -2.28. The van der Waals surface area contributed by atoms with E-state index in [1.54, 1.807) is 6.07 Å². The number of likely N-dealkylation sites (tertiary alicyclic amines) is 1. The smallest absolute Gasteiger partial charge is 0.326 e. The van der Waals surface area contributed by atoms with Crippen LogP contribution < -0.4 is 5.32 Å². The number of ether oxygens (including phenoxy) is 1. The van der Waals surface area contributed by atoms with Crippen molar-refractivity contribution in [3.63, 3.8) is 0 Å². The highest BCUT2D eigenvalue weighted by Gasteiger charge is 2.66. The maximum Gasteiger partial charge on any atom is 0.326 e. The van der Waals surface area contributed by atoms with Crippen molar-refractivity contribution in [2.75, 3.05) is 18.5 Å². The molecule has 1 N–H and O–H groups in total. The topological polar surface area (TPSA) is 92.8 Å². The monoisotopic (exact) mass is 492 g/mol. The van der Waals surface area contributed by atoms with Crippen molar-refractivity contribution in [1.82, 2.24) is 4.90 Å². The number of alkyl halides is 2. The van der Waals surface area contributed by atoms with Gasteiger partial charge in [-0.2, -0.15) is 0 Å². The molecule has 1 aromatic rings. The zero-order valence-corrected chi connectivity index (χ0v) is 18.3. The Bertz CT molecular complexity index is 909. The fraction of sp³-hybridized carbons (Fsp3) is 0.474. The highest BCUT2D eigenvalue weighted by atomic mass is 35.5. The Kier molecular flexibility index (Phi) is 5.92. The van der Waals surface area contributed by atoms with Crippen molar-refractivity contribution in [3.05, 3.63) is 28.2 Å². The number of halogens is 4. The predicted molar refractivity (Wildman–Crippen MR) is 111 cm³/mol. The molecule has 2 saturated carbocycles. The Balaban J connectivity index is 1.32. The molecule has 11 heteroatoms. The van der Waals surface area contributed by atoms with Crippen molar-refractivity contribution < 1.29 is 23.9 Å². The molecule has 1 aromatic carbocycles. The van der Waals surface area contributed by atoms with Crippen molar-refractivity contribution in [2.45, 2.75) is 17.2 Å². The zero-order valence-electron chi connectivity index (χ0n) is 15.3. The van der Waals surface area contributed by atoms with E-state index < -0.39 is 48.7 Å². The summed E-state index contributed by atoms with van der Waals surface area (Å²) in [5.74, 6) is -3.77. The molecular formula is C19H16Cl4N2O5. The Morgan fingerprint density at radius 2 is 1.67 bits per heavy atom. The minimum Gasteiger partial charge on any atom is -0.454 e. The standard InChI is InChI=1S/C19H16Cl4N2O5/c20-7-1-2-11(10(21)3-7)24-12(26)6-30-13(27)5-25-18(28)14-8-4-9(15(14)19(25)29)17(23)16(8)22/h1-3,8-9,14-17H,4-6H2,(H,24,26)/t8-,9-,14-,15-,16+,17+/m1/s1. The van der Waals surface area contributed by atoms with Gasteiger partial charge in [-0.3, -0.25) is 24.1 Å². The van der Waals surface area contributed by atoms with E-state index in [4.69, 9.17) is 51.1 Å². The quantitative estimate of drug-likeness (QED) is 0.386. The Morgan fingerprint density at radius 3 is 2.23 bits per heavy atom. The van der Waals surface area contributed by atoms with Gasteiger partial charge in [-0.05, 0) is 36.5 Å². The highest BCUT2D eigenvalue weighted by molar-refractivity contribution is 6.36.